The first-order valence-corrected chi connectivity index (χ1v) is 12.7. The summed E-state index contributed by atoms with van der Waals surface area (Å²) in [6.45, 7) is 14.0. The van der Waals surface area contributed by atoms with Gasteiger partial charge in [-0.15, -0.1) is 0 Å². The topological polar surface area (TPSA) is 65.9 Å². The van der Waals surface area contributed by atoms with Crippen LogP contribution < -0.4 is 4.90 Å². The predicted molar refractivity (Wildman–Crippen MR) is 142 cm³/mol. The van der Waals surface area contributed by atoms with Crippen LogP contribution in [0.25, 0.3) is 21.9 Å². The number of amides is 1. The second kappa shape index (κ2) is 8.07. The zero-order valence-electron chi connectivity index (χ0n) is 21.3. The van der Waals surface area contributed by atoms with Crippen molar-refractivity contribution in [3.05, 3.63) is 65.9 Å². The molecule has 1 N–H and O–H groups in total. The summed E-state index contributed by atoms with van der Waals surface area (Å²) in [7, 11) is 0. The van der Waals surface area contributed by atoms with E-state index < -0.39 is 0 Å². The van der Waals surface area contributed by atoms with Crippen LogP contribution in [0.2, 0.25) is 0 Å². The fraction of sp³-hybridized carbons (Fsp3) is 0.400. The number of fused-ring (bicyclic) bond motifs is 2. The van der Waals surface area contributed by atoms with Crippen LogP contribution in [0, 0.1) is 12.3 Å². The van der Waals surface area contributed by atoms with E-state index in [1.54, 1.807) is 6.07 Å². The number of carbonyl (C=O) groups excluding carboxylic acids is 1. The number of rotatable bonds is 3. The number of phenols is 1. The number of likely N-dealkylation sites (tertiary alicyclic amines) is 1. The molecular formula is C30H33N3O3. The molecule has 36 heavy (non-hydrogen) atoms. The minimum atomic E-state index is -0.264. The van der Waals surface area contributed by atoms with Crippen molar-refractivity contribution in [2.45, 2.75) is 45.8 Å². The zero-order chi connectivity index (χ0) is 25.2. The number of nitrogens with zero attached hydrogens (tertiary/aromatic N) is 3. The van der Waals surface area contributed by atoms with Crippen molar-refractivity contribution < 1.29 is 14.6 Å². The Balaban J connectivity index is 1.45. The maximum Gasteiger partial charge on any atom is 0.245 e. The fourth-order valence-electron chi connectivity index (χ4n) is 6.37. The fourth-order valence-corrected chi connectivity index (χ4v) is 6.37. The normalized spacial score (nSPS) is 19.9. The van der Waals surface area contributed by atoms with Crippen LogP contribution in [-0.4, -0.2) is 52.7 Å². The number of ether oxygens (including phenoxy) is 1. The highest BCUT2D eigenvalue weighted by atomic mass is 16.5. The number of anilines is 1. The number of hydrogen-bond donors (Lipinski definition) is 1. The van der Waals surface area contributed by atoms with E-state index in [4.69, 9.17) is 9.72 Å². The van der Waals surface area contributed by atoms with E-state index in [9.17, 15) is 9.90 Å². The lowest BCUT2D eigenvalue weighted by Gasteiger charge is -2.47. The molecule has 1 spiro atoms. The maximum absolute atomic E-state index is 12.0. The Kier molecular flexibility index (Phi) is 5.16. The minimum absolute atomic E-state index is 0.0219. The number of carbonyl (C=O) groups is 1. The number of aromatic hydroxyl groups is 1. The van der Waals surface area contributed by atoms with E-state index in [0.29, 0.717) is 6.61 Å². The van der Waals surface area contributed by atoms with Gasteiger partial charge in [-0.1, -0.05) is 30.8 Å². The summed E-state index contributed by atoms with van der Waals surface area (Å²) in [5.74, 6) is 1.34. The van der Waals surface area contributed by atoms with Gasteiger partial charge in [0.2, 0.25) is 5.91 Å². The van der Waals surface area contributed by atoms with Crippen LogP contribution in [-0.2, 0) is 22.6 Å². The predicted octanol–water partition coefficient (Wildman–Crippen LogP) is 4.99. The van der Waals surface area contributed by atoms with Gasteiger partial charge >= 0.3 is 0 Å². The Labute approximate surface area is 212 Å². The first-order valence-electron chi connectivity index (χ1n) is 12.7. The molecule has 2 saturated heterocycles. The number of pyridine rings is 1. The van der Waals surface area contributed by atoms with Gasteiger partial charge in [0.1, 0.15) is 11.6 Å². The van der Waals surface area contributed by atoms with Crippen molar-refractivity contribution in [1.82, 2.24) is 9.88 Å². The highest BCUT2D eigenvalue weighted by Gasteiger charge is 2.49. The van der Waals surface area contributed by atoms with Crippen LogP contribution in [0.3, 0.4) is 0 Å². The summed E-state index contributed by atoms with van der Waals surface area (Å²) in [5, 5.41) is 12.2. The quantitative estimate of drug-likeness (QED) is 0.532. The molecule has 0 saturated carbocycles. The van der Waals surface area contributed by atoms with Gasteiger partial charge in [-0.25, -0.2) is 4.98 Å². The third kappa shape index (κ3) is 3.66. The summed E-state index contributed by atoms with van der Waals surface area (Å²) in [6, 6.07) is 11.8. The molecule has 1 aromatic heterocycles. The Morgan fingerprint density at radius 3 is 2.78 bits per heavy atom. The van der Waals surface area contributed by atoms with Crippen molar-refractivity contribution in [2.75, 3.05) is 31.1 Å². The molecule has 3 aliphatic heterocycles. The largest absolute Gasteiger partial charge is 0.508 e. The molecule has 2 fully saturated rings. The van der Waals surface area contributed by atoms with Crippen molar-refractivity contribution in [3.8, 4) is 16.9 Å². The van der Waals surface area contributed by atoms with Crippen molar-refractivity contribution in [1.29, 1.82) is 0 Å². The van der Waals surface area contributed by atoms with Gasteiger partial charge in [0.25, 0.3) is 0 Å². The molecule has 4 heterocycles. The summed E-state index contributed by atoms with van der Waals surface area (Å²) in [6.07, 6.45) is 3.23. The molecule has 3 aliphatic rings. The maximum atomic E-state index is 12.0. The average Bonchev–Trinajstić information content (AvgIpc) is 3.27. The Hall–Kier alpha value is -3.38. The lowest BCUT2D eigenvalue weighted by molar-refractivity contribution is -0.136. The molecule has 0 aliphatic carbocycles. The smallest absolute Gasteiger partial charge is 0.245 e. The Bertz CT molecular complexity index is 1400. The number of hydrogen-bond acceptors (Lipinski definition) is 5. The van der Waals surface area contributed by atoms with Crippen LogP contribution in [0.1, 0.15) is 37.1 Å². The first-order chi connectivity index (χ1) is 17.2. The van der Waals surface area contributed by atoms with E-state index in [-0.39, 0.29) is 22.7 Å². The van der Waals surface area contributed by atoms with E-state index in [1.807, 2.05) is 23.1 Å². The van der Waals surface area contributed by atoms with Gasteiger partial charge in [0, 0.05) is 43.6 Å². The van der Waals surface area contributed by atoms with E-state index >= 15 is 0 Å². The molecule has 0 unspecified atom stereocenters. The van der Waals surface area contributed by atoms with Gasteiger partial charge in [0.15, 0.2) is 0 Å². The molecule has 186 valence electrons. The summed E-state index contributed by atoms with van der Waals surface area (Å²) < 4.78 is 6.27. The standard InChI is InChI=1S/C30H33N3O3/c1-5-26(35)33-17-30(18-33)11-12-32(16-30)28-19(2)27(24-15-36-29(3,4)14-25(24)31-28)23-8-6-7-20-13-21(34)9-10-22(20)23/h5-10,13,34H,1,11-12,14-18H2,2-4H3. The van der Waals surface area contributed by atoms with Crippen LogP contribution in [0.5, 0.6) is 5.75 Å². The van der Waals surface area contributed by atoms with Crippen molar-refractivity contribution in [2.24, 2.45) is 5.41 Å². The molecule has 6 nitrogen and oxygen atoms in total. The van der Waals surface area contributed by atoms with Crippen molar-refractivity contribution >= 4 is 22.5 Å². The lowest BCUT2D eigenvalue weighted by Crippen LogP contribution is -2.59. The first kappa shape index (κ1) is 23.0. The van der Waals surface area contributed by atoms with Gasteiger partial charge in [-0.3, -0.25) is 4.79 Å². The Morgan fingerprint density at radius 1 is 1.19 bits per heavy atom. The van der Waals surface area contributed by atoms with Gasteiger partial charge in [-0.05, 0) is 72.9 Å². The van der Waals surface area contributed by atoms with Crippen LogP contribution in [0.4, 0.5) is 5.82 Å². The SMILES string of the molecule is C=CC(=O)N1CC2(CCN(c3nc4c(c(-c5cccc6cc(O)ccc56)c3C)COC(C)(C)C4)C2)C1. The van der Waals surface area contributed by atoms with Gasteiger partial charge in [0.05, 0.1) is 17.9 Å². The number of benzene rings is 2. The highest BCUT2D eigenvalue weighted by molar-refractivity contribution is 5.99. The van der Waals surface area contributed by atoms with Gasteiger partial charge in [-0.2, -0.15) is 0 Å². The Morgan fingerprint density at radius 2 is 2.00 bits per heavy atom. The van der Waals surface area contributed by atoms with Crippen LogP contribution in [0.15, 0.2) is 49.1 Å². The molecule has 0 radical (unpaired) electrons. The molecule has 1 amide bonds. The number of aromatic nitrogens is 1. The summed E-state index contributed by atoms with van der Waals surface area (Å²) in [5.41, 5.74) is 5.65. The molecule has 0 bridgehead atoms. The lowest BCUT2D eigenvalue weighted by atomic mass is 9.79. The molecule has 2 aromatic carbocycles. The molecular weight excluding hydrogens is 450 g/mol. The second-order valence-electron chi connectivity index (χ2n) is 11.4. The number of phenolic OH excluding ortho intramolecular Hbond substituents is 1. The minimum Gasteiger partial charge on any atom is -0.508 e. The van der Waals surface area contributed by atoms with E-state index in [2.05, 4.69) is 44.4 Å². The summed E-state index contributed by atoms with van der Waals surface area (Å²) >= 11 is 0. The third-order valence-corrected chi connectivity index (χ3v) is 8.21. The van der Waals surface area contributed by atoms with Crippen LogP contribution >= 0.6 is 0 Å². The molecule has 3 aromatic rings. The van der Waals surface area contributed by atoms with E-state index in [1.165, 1.54) is 11.6 Å². The van der Waals surface area contributed by atoms with Gasteiger partial charge < -0.3 is 19.6 Å². The second-order valence-corrected chi connectivity index (χ2v) is 11.4. The van der Waals surface area contributed by atoms with Crippen molar-refractivity contribution in [3.63, 3.8) is 0 Å². The molecule has 6 rings (SSSR count). The average molecular weight is 484 g/mol. The summed E-state index contributed by atoms with van der Waals surface area (Å²) in [4.78, 5) is 21.6. The molecule has 6 heteroatoms. The highest BCUT2D eigenvalue weighted by Crippen LogP contribution is 2.45. The molecule has 0 atom stereocenters. The zero-order valence-corrected chi connectivity index (χ0v) is 21.3. The van der Waals surface area contributed by atoms with E-state index in [0.717, 1.165) is 78.0 Å². The monoisotopic (exact) mass is 483 g/mol. The third-order valence-electron chi connectivity index (χ3n) is 8.21.